The lowest BCUT2D eigenvalue weighted by atomic mass is 9.88. The number of benzene rings is 3. The number of nitrogens with one attached hydrogen (secondary N) is 1. The standard InChI is InChI=1S/C27H30ClNO3/c1-18-9-11-19(12-10-18)16-29-21-13-14-24-22(15-21)25(30-4)26(27(2,3)32-24)31-17-20-7-5-6-8-23(20)28/h5-15,25-26,29H,16-17H2,1-4H3. The maximum atomic E-state index is 6.35. The van der Waals surface area contributed by atoms with Crippen molar-refractivity contribution in [1.82, 2.24) is 0 Å². The molecule has 168 valence electrons. The van der Waals surface area contributed by atoms with Crippen molar-refractivity contribution in [3.05, 3.63) is 94.0 Å². The van der Waals surface area contributed by atoms with Crippen molar-refractivity contribution < 1.29 is 14.2 Å². The van der Waals surface area contributed by atoms with E-state index in [4.69, 9.17) is 25.8 Å². The normalized spacial score (nSPS) is 19.2. The third kappa shape index (κ3) is 4.93. The number of hydrogen-bond acceptors (Lipinski definition) is 4. The molecule has 5 heteroatoms. The summed E-state index contributed by atoms with van der Waals surface area (Å²) in [6.07, 6.45) is -0.569. The van der Waals surface area contributed by atoms with E-state index in [2.05, 4.69) is 42.6 Å². The molecule has 0 aromatic heterocycles. The van der Waals surface area contributed by atoms with E-state index in [-0.39, 0.29) is 12.2 Å². The summed E-state index contributed by atoms with van der Waals surface area (Å²) in [5, 5.41) is 4.20. The molecule has 1 heterocycles. The van der Waals surface area contributed by atoms with Crippen LogP contribution in [-0.2, 0) is 22.6 Å². The second-order valence-electron chi connectivity index (χ2n) is 8.78. The van der Waals surface area contributed by atoms with E-state index >= 15 is 0 Å². The predicted octanol–water partition coefficient (Wildman–Crippen LogP) is 6.70. The Bertz CT molecular complexity index is 1060. The molecule has 2 unspecified atom stereocenters. The minimum atomic E-state index is -0.564. The predicted molar refractivity (Wildman–Crippen MR) is 129 cm³/mol. The van der Waals surface area contributed by atoms with Gasteiger partial charge in [0.05, 0.1) is 6.61 Å². The first-order valence-corrected chi connectivity index (χ1v) is 11.3. The summed E-state index contributed by atoms with van der Waals surface area (Å²) in [6, 6.07) is 22.4. The van der Waals surface area contributed by atoms with Gasteiger partial charge in [-0.3, -0.25) is 0 Å². The van der Waals surface area contributed by atoms with E-state index in [9.17, 15) is 0 Å². The van der Waals surface area contributed by atoms with Gasteiger partial charge < -0.3 is 19.5 Å². The number of ether oxygens (including phenoxy) is 3. The van der Waals surface area contributed by atoms with E-state index in [0.29, 0.717) is 11.6 Å². The number of hydrogen-bond donors (Lipinski definition) is 1. The van der Waals surface area contributed by atoms with Gasteiger partial charge in [0.25, 0.3) is 0 Å². The summed E-state index contributed by atoms with van der Waals surface area (Å²) in [5.41, 5.74) is 4.86. The molecule has 4 rings (SSSR count). The van der Waals surface area contributed by atoms with Gasteiger partial charge in [0.15, 0.2) is 0 Å². The molecule has 1 aliphatic rings. The molecule has 3 aromatic carbocycles. The van der Waals surface area contributed by atoms with Gasteiger partial charge in [-0.25, -0.2) is 0 Å². The van der Waals surface area contributed by atoms with Crippen molar-refractivity contribution in [2.75, 3.05) is 12.4 Å². The average molecular weight is 452 g/mol. The Hall–Kier alpha value is -2.53. The first-order chi connectivity index (χ1) is 15.4. The summed E-state index contributed by atoms with van der Waals surface area (Å²) >= 11 is 6.33. The zero-order valence-electron chi connectivity index (χ0n) is 19.0. The van der Waals surface area contributed by atoms with E-state index in [1.165, 1.54) is 11.1 Å². The Morgan fingerprint density at radius 2 is 1.78 bits per heavy atom. The number of methoxy groups -OCH3 is 1. The third-order valence-corrected chi connectivity index (χ3v) is 6.27. The lowest BCUT2D eigenvalue weighted by molar-refractivity contribution is -0.159. The quantitative estimate of drug-likeness (QED) is 0.433. The van der Waals surface area contributed by atoms with Crippen LogP contribution in [0.25, 0.3) is 0 Å². The van der Waals surface area contributed by atoms with Crippen molar-refractivity contribution in [2.24, 2.45) is 0 Å². The second kappa shape index (κ2) is 9.53. The minimum absolute atomic E-state index is 0.266. The Labute approximate surface area is 195 Å². The maximum absolute atomic E-state index is 6.35. The molecule has 1 N–H and O–H groups in total. The zero-order chi connectivity index (χ0) is 22.7. The monoisotopic (exact) mass is 451 g/mol. The van der Waals surface area contributed by atoms with Crippen molar-refractivity contribution in [1.29, 1.82) is 0 Å². The molecule has 2 atom stereocenters. The molecule has 4 nitrogen and oxygen atoms in total. The number of anilines is 1. The molecule has 0 bridgehead atoms. The van der Waals surface area contributed by atoms with Crippen molar-refractivity contribution in [3.63, 3.8) is 0 Å². The molecule has 0 aliphatic carbocycles. The molecule has 1 aliphatic heterocycles. The smallest absolute Gasteiger partial charge is 0.132 e. The molecule has 0 saturated heterocycles. The van der Waals surface area contributed by atoms with E-state index in [1.807, 2.05) is 50.2 Å². The lowest BCUT2D eigenvalue weighted by Crippen LogP contribution is -2.50. The van der Waals surface area contributed by atoms with Crippen LogP contribution >= 0.6 is 11.6 Å². The van der Waals surface area contributed by atoms with E-state index in [0.717, 1.165) is 29.1 Å². The first kappa shape index (κ1) is 22.7. The van der Waals surface area contributed by atoms with Crippen molar-refractivity contribution >= 4 is 17.3 Å². The molecule has 0 saturated carbocycles. The highest BCUT2D eigenvalue weighted by atomic mass is 35.5. The maximum Gasteiger partial charge on any atom is 0.132 e. The molecule has 32 heavy (non-hydrogen) atoms. The summed E-state index contributed by atoms with van der Waals surface area (Å²) in [7, 11) is 1.72. The second-order valence-corrected chi connectivity index (χ2v) is 9.18. The number of fused-ring (bicyclic) bond motifs is 1. The van der Waals surface area contributed by atoms with Crippen LogP contribution in [0.15, 0.2) is 66.7 Å². The topological polar surface area (TPSA) is 39.7 Å². The summed E-state index contributed by atoms with van der Waals surface area (Å²) in [4.78, 5) is 0. The van der Waals surface area contributed by atoms with Gasteiger partial charge in [0.1, 0.15) is 23.6 Å². The van der Waals surface area contributed by atoms with Crippen LogP contribution in [0.5, 0.6) is 5.75 Å². The fourth-order valence-corrected chi connectivity index (χ4v) is 4.28. The van der Waals surface area contributed by atoms with Crippen LogP contribution in [0.2, 0.25) is 5.02 Å². The number of halogens is 1. The highest BCUT2D eigenvalue weighted by molar-refractivity contribution is 6.31. The van der Waals surface area contributed by atoms with E-state index in [1.54, 1.807) is 7.11 Å². The lowest BCUT2D eigenvalue weighted by Gasteiger charge is -2.44. The molecule has 0 fully saturated rings. The Kier molecular flexibility index (Phi) is 6.75. The van der Waals surface area contributed by atoms with Crippen LogP contribution in [0.4, 0.5) is 5.69 Å². The van der Waals surface area contributed by atoms with Gasteiger partial charge in [0, 0.05) is 29.9 Å². The van der Waals surface area contributed by atoms with Gasteiger partial charge in [-0.1, -0.05) is 59.6 Å². The Balaban J connectivity index is 1.54. The SMILES string of the molecule is COC1c2cc(NCc3ccc(C)cc3)ccc2OC(C)(C)C1OCc1ccccc1Cl. The van der Waals surface area contributed by atoms with Gasteiger partial charge >= 0.3 is 0 Å². The fourth-order valence-electron chi connectivity index (χ4n) is 4.09. The van der Waals surface area contributed by atoms with Gasteiger partial charge in [-0.2, -0.15) is 0 Å². The first-order valence-electron chi connectivity index (χ1n) is 10.9. The van der Waals surface area contributed by atoms with Crippen LogP contribution in [0.1, 0.15) is 42.2 Å². The summed E-state index contributed by atoms with van der Waals surface area (Å²) in [5.74, 6) is 0.820. The van der Waals surface area contributed by atoms with Crippen LogP contribution in [0.3, 0.4) is 0 Å². The molecular formula is C27H30ClNO3. The molecule has 3 aromatic rings. The van der Waals surface area contributed by atoms with Crippen LogP contribution in [-0.4, -0.2) is 18.8 Å². The van der Waals surface area contributed by atoms with E-state index < -0.39 is 5.60 Å². The third-order valence-electron chi connectivity index (χ3n) is 5.90. The Morgan fingerprint density at radius 1 is 1.03 bits per heavy atom. The van der Waals surface area contributed by atoms with Crippen LogP contribution < -0.4 is 10.1 Å². The summed E-state index contributed by atoms with van der Waals surface area (Å²) in [6.45, 7) is 7.29. The average Bonchev–Trinajstić information content (AvgIpc) is 2.77. The Morgan fingerprint density at radius 3 is 2.50 bits per heavy atom. The van der Waals surface area contributed by atoms with Crippen LogP contribution in [0, 0.1) is 6.92 Å². The number of aryl methyl sites for hydroxylation is 1. The van der Waals surface area contributed by atoms with Gasteiger partial charge in [-0.05, 0) is 56.2 Å². The highest BCUT2D eigenvalue weighted by Crippen LogP contribution is 2.44. The highest BCUT2D eigenvalue weighted by Gasteiger charge is 2.45. The fraction of sp³-hybridized carbons (Fsp3) is 0.333. The van der Waals surface area contributed by atoms with Gasteiger partial charge in [0.2, 0.25) is 0 Å². The van der Waals surface area contributed by atoms with Crippen molar-refractivity contribution in [3.8, 4) is 5.75 Å². The zero-order valence-corrected chi connectivity index (χ0v) is 19.8. The van der Waals surface area contributed by atoms with Crippen molar-refractivity contribution in [2.45, 2.75) is 51.7 Å². The molecule has 0 radical (unpaired) electrons. The largest absolute Gasteiger partial charge is 0.485 e. The molecular weight excluding hydrogens is 422 g/mol. The summed E-state index contributed by atoms with van der Waals surface area (Å²) < 4.78 is 18.6. The molecule has 0 amide bonds. The minimum Gasteiger partial charge on any atom is -0.485 e. The number of rotatable bonds is 7. The molecule has 0 spiro atoms. The van der Waals surface area contributed by atoms with Gasteiger partial charge in [-0.15, -0.1) is 0 Å².